The van der Waals surface area contributed by atoms with E-state index in [0.717, 1.165) is 56.9 Å². The second kappa shape index (κ2) is 8.57. The fourth-order valence-corrected chi connectivity index (χ4v) is 12.0. The molecule has 5 saturated carbocycles. The zero-order chi connectivity index (χ0) is 27.2. The van der Waals surface area contributed by atoms with Gasteiger partial charge in [-0.3, -0.25) is 9.59 Å². The number of hydrogen-bond acceptors (Lipinski definition) is 5. The Balaban J connectivity index is 1.65. The highest BCUT2D eigenvalue weighted by Gasteiger charge is 2.76. The highest BCUT2D eigenvalue weighted by molar-refractivity contribution is 5.82. The summed E-state index contributed by atoms with van der Waals surface area (Å²) < 4.78 is 11.2. The summed E-state index contributed by atoms with van der Waals surface area (Å²) in [5.74, 6) is 1.04. The second-order valence-electron chi connectivity index (χ2n) is 14.8. The molecule has 5 rings (SSSR count). The van der Waals surface area contributed by atoms with Crippen LogP contribution in [0.1, 0.15) is 98.8 Å². The number of aliphatic hydroxyl groups is 1. The Bertz CT molecular complexity index is 986. The van der Waals surface area contributed by atoms with Crippen LogP contribution in [0.25, 0.3) is 0 Å². The minimum absolute atomic E-state index is 0.0623. The summed E-state index contributed by atoms with van der Waals surface area (Å²) in [5.41, 5.74) is -0.283. The second-order valence-corrected chi connectivity index (χ2v) is 14.8. The van der Waals surface area contributed by atoms with Crippen LogP contribution in [0.3, 0.4) is 0 Å². The van der Waals surface area contributed by atoms with Crippen LogP contribution >= 0.6 is 0 Å². The van der Waals surface area contributed by atoms with Crippen molar-refractivity contribution in [2.24, 2.45) is 56.7 Å². The summed E-state index contributed by atoms with van der Waals surface area (Å²) in [4.78, 5) is 27.7. The summed E-state index contributed by atoms with van der Waals surface area (Å²) >= 11 is 0. The average molecular weight is 515 g/mol. The van der Waals surface area contributed by atoms with Gasteiger partial charge < -0.3 is 14.6 Å². The van der Waals surface area contributed by atoms with Gasteiger partial charge in [0.05, 0.1) is 31.2 Å². The summed E-state index contributed by atoms with van der Waals surface area (Å²) in [5, 5.41) is 11.0. The molecule has 0 aromatic rings. The predicted molar refractivity (Wildman–Crippen MR) is 143 cm³/mol. The molecule has 0 aliphatic heterocycles. The van der Waals surface area contributed by atoms with E-state index in [1.165, 1.54) is 7.11 Å². The standard InChI is InChI=1S/C32H50O5/c1-19(2)20-11-16-31(26(34)36-7)17-18-32(27(35)37-8)21(25(20)31)9-10-23-29(5)14-13-24(33)28(3,4)22(29)12-15-30(23,32)6/h20-25,33H,1,9-18H2,2-8H3. The van der Waals surface area contributed by atoms with E-state index in [-0.39, 0.29) is 52.0 Å². The van der Waals surface area contributed by atoms with Crippen LogP contribution in [0.15, 0.2) is 12.2 Å². The third kappa shape index (κ3) is 3.19. The number of methoxy groups -OCH3 is 2. The average Bonchev–Trinajstić information content (AvgIpc) is 3.26. The zero-order valence-electron chi connectivity index (χ0n) is 24.3. The van der Waals surface area contributed by atoms with E-state index in [1.54, 1.807) is 7.11 Å². The molecule has 37 heavy (non-hydrogen) atoms. The Morgan fingerprint density at radius 2 is 1.49 bits per heavy atom. The van der Waals surface area contributed by atoms with E-state index < -0.39 is 10.8 Å². The van der Waals surface area contributed by atoms with E-state index in [1.807, 2.05) is 0 Å². The van der Waals surface area contributed by atoms with Crippen LogP contribution in [-0.4, -0.2) is 37.4 Å². The first-order valence-electron chi connectivity index (χ1n) is 14.8. The van der Waals surface area contributed by atoms with Crippen LogP contribution in [0.5, 0.6) is 0 Å². The number of esters is 2. The number of hydrogen-bond donors (Lipinski definition) is 1. The summed E-state index contributed by atoms with van der Waals surface area (Å²) in [6.07, 6.45) is 8.70. The van der Waals surface area contributed by atoms with Crippen molar-refractivity contribution < 1.29 is 24.2 Å². The molecule has 5 aliphatic rings. The van der Waals surface area contributed by atoms with Gasteiger partial charge in [-0.2, -0.15) is 0 Å². The molecule has 0 aromatic heterocycles. The van der Waals surface area contributed by atoms with Crippen LogP contribution < -0.4 is 0 Å². The van der Waals surface area contributed by atoms with Crippen LogP contribution in [0.2, 0.25) is 0 Å². The SMILES string of the molecule is C=C(C)C1CCC2(C(=O)OC)CCC3(C(=O)OC)C(CCC4C5(C)CCC(O)C(C)(C)C5CCC43C)C12. The van der Waals surface area contributed by atoms with Crippen molar-refractivity contribution in [1.82, 2.24) is 0 Å². The summed E-state index contributed by atoms with van der Waals surface area (Å²) in [6.45, 7) is 15.8. The third-order valence-corrected chi connectivity index (χ3v) is 13.6. The third-order valence-electron chi connectivity index (χ3n) is 13.6. The number of fused-ring (bicyclic) bond motifs is 7. The van der Waals surface area contributed by atoms with Crippen molar-refractivity contribution >= 4 is 11.9 Å². The first kappa shape index (κ1) is 27.2. The topological polar surface area (TPSA) is 72.8 Å². The maximum Gasteiger partial charge on any atom is 0.312 e. The van der Waals surface area contributed by atoms with Crippen molar-refractivity contribution in [3.8, 4) is 0 Å². The lowest BCUT2D eigenvalue weighted by Gasteiger charge is -2.72. The first-order chi connectivity index (χ1) is 17.3. The van der Waals surface area contributed by atoms with Gasteiger partial charge in [-0.15, -0.1) is 0 Å². The van der Waals surface area contributed by atoms with E-state index in [9.17, 15) is 14.7 Å². The van der Waals surface area contributed by atoms with Gasteiger partial charge in [0.2, 0.25) is 0 Å². The maximum absolute atomic E-state index is 14.2. The van der Waals surface area contributed by atoms with Crippen molar-refractivity contribution in [3.05, 3.63) is 12.2 Å². The molecule has 10 atom stereocenters. The minimum Gasteiger partial charge on any atom is -0.469 e. The molecule has 0 saturated heterocycles. The molecular weight excluding hydrogens is 464 g/mol. The van der Waals surface area contributed by atoms with Crippen LogP contribution in [0.4, 0.5) is 0 Å². The number of allylic oxidation sites excluding steroid dienone is 1. The van der Waals surface area contributed by atoms with Crippen LogP contribution in [-0.2, 0) is 19.1 Å². The molecule has 10 unspecified atom stereocenters. The molecule has 5 nitrogen and oxygen atoms in total. The molecule has 5 heteroatoms. The number of carbonyl (C=O) groups excluding carboxylic acids is 2. The molecule has 0 radical (unpaired) electrons. The fraction of sp³-hybridized carbons (Fsp3) is 0.875. The highest BCUT2D eigenvalue weighted by atomic mass is 16.5. The lowest BCUT2D eigenvalue weighted by Crippen LogP contribution is -2.70. The molecule has 0 spiro atoms. The van der Waals surface area contributed by atoms with Crippen molar-refractivity contribution in [1.29, 1.82) is 0 Å². The Morgan fingerprint density at radius 1 is 0.811 bits per heavy atom. The Morgan fingerprint density at radius 3 is 2.11 bits per heavy atom. The lowest BCUT2D eigenvalue weighted by molar-refractivity contribution is -0.256. The largest absolute Gasteiger partial charge is 0.469 e. The van der Waals surface area contributed by atoms with E-state index in [4.69, 9.17) is 9.47 Å². The van der Waals surface area contributed by atoms with Gasteiger partial charge >= 0.3 is 11.9 Å². The smallest absolute Gasteiger partial charge is 0.312 e. The van der Waals surface area contributed by atoms with Gasteiger partial charge in [0.25, 0.3) is 0 Å². The van der Waals surface area contributed by atoms with Crippen molar-refractivity contribution in [2.75, 3.05) is 14.2 Å². The number of aliphatic hydroxyl groups excluding tert-OH is 1. The van der Waals surface area contributed by atoms with E-state index in [0.29, 0.717) is 24.7 Å². The van der Waals surface area contributed by atoms with Gasteiger partial charge in [-0.1, -0.05) is 39.8 Å². The van der Waals surface area contributed by atoms with E-state index in [2.05, 4.69) is 41.2 Å². The number of ether oxygens (including phenoxy) is 2. The Kier molecular flexibility index (Phi) is 6.30. The molecule has 208 valence electrons. The van der Waals surface area contributed by atoms with Gasteiger partial charge in [-0.25, -0.2) is 0 Å². The Labute approximate surface area is 224 Å². The van der Waals surface area contributed by atoms with E-state index >= 15 is 0 Å². The minimum atomic E-state index is -0.612. The maximum atomic E-state index is 14.2. The van der Waals surface area contributed by atoms with Crippen molar-refractivity contribution in [2.45, 2.75) is 105 Å². The summed E-state index contributed by atoms with van der Waals surface area (Å²) in [7, 11) is 3.07. The quantitative estimate of drug-likeness (QED) is 0.352. The highest BCUT2D eigenvalue weighted by Crippen LogP contribution is 2.78. The zero-order valence-corrected chi connectivity index (χ0v) is 24.3. The Hall–Kier alpha value is -1.36. The fourth-order valence-electron chi connectivity index (χ4n) is 12.0. The lowest BCUT2D eigenvalue weighted by atomic mass is 9.32. The first-order valence-corrected chi connectivity index (χ1v) is 14.8. The molecular formula is C32H50O5. The van der Waals surface area contributed by atoms with Crippen molar-refractivity contribution in [3.63, 3.8) is 0 Å². The van der Waals surface area contributed by atoms with Gasteiger partial charge in [0.1, 0.15) is 0 Å². The van der Waals surface area contributed by atoms with Gasteiger partial charge in [0.15, 0.2) is 0 Å². The molecule has 0 bridgehead atoms. The summed E-state index contributed by atoms with van der Waals surface area (Å²) in [6, 6.07) is 0. The molecule has 0 heterocycles. The molecule has 5 aliphatic carbocycles. The van der Waals surface area contributed by atoms with Gasteiger partial charge in [0, 0.05) is 0 Å². The van der Waals surface area contributed by atoms with Gasteiger partial charge in [-0.05, 0) is 117 Å². The number of carbonyl (C=O) groups is 2. The molecule has 1 N–H and O–H groups in total. The molecule has 0 aromatic carbocycles. The predicted octanol–water partition coefficient (Wildman–Crippen LogP) is 6.33. The normalized spacial score (nSPS) is 50.1. The van der Waals surface area contributed by atoms with Crippen LogP contribution in [0, 0.1) is 56.7 Å². The monoisotopic (exact) mass is 514 g/mol. The number of rotatable bonds is 3. The molecule has 5 fully saturated rings. The molecule has 0 amide bonds.